The van der Waals surface area contributed by atoms with Gasteiger partial charge in [-0.15, -0.1) is 0 Å². The largest absolute Gasteiger partial charge is 0.508 e. The maximum atomic E-state index is 13.1. The van der Waals surface area contributed by atoms with Crippen molar-refractivity contribution in [2.45, 2.75) is 32.6 Å². The van der Waals surface area contributed by atoms with Gasteiger partial charge >= 0.3 is 0 Å². The molecule has 2 saturated heterocycles. The monoisotopic (exact) mass is 449 g/mol. The molecular weight excluding hydrogens is 418 g/mol. The van der Waals surface area contributed by atoms with Crippen LogP contribution in [0.4, 0.5) is 0 Å². The molecule has 0 amide bonds. The molecule has 0 aromatic heterocycles. The summed E-state index contributed by atoms with van der Waals surface area (Å²) >= 11 is 0. The predicted octanol–water partition coefficient (Wildman–Crippen LogP) is 2.03. The number of aromatic hydroxyl groups is 1. The number of fused-ring (bicyclic) bond motifs is 1. The summed E-state index contributed by atoms with van der Waals surface area (Å²) in [6.45, 7) is 7.20. The van der Waals surface area contributed by atoms with E-state index in [2.05, 4.69) is 4.90 Å². The number of piperazine rings is 1. The average Bonchev–Trinajstić information content (AvgIpc) is 2.75. The van der Waals surface area contributed by atoms with E-state index in [0.29, 0.717) is 45.8 Å². The fourth-order valence-corrected chi connectivity index (χ4v) is 6.21. The molecule has 2 fully saturated rings. The zero-order chi connectivity index (χ0) is 22.2. The van der Waals surface area contributed by atoms with Crippen LogP contribution in [0.1, 0.15) is 19.4 Å². The van der Waals surface area contributed by atoms with Gasteiger partial charge in [0.25, 0.3) is 10.2 Å². The van der Waals surface area contributed by atoms with Crippen molar-refractivity contribution in [2.24, 2.45) is 0 Å². The molecule has 2 aromatic rings. The number of hydrogen-bond acceptors (Lipinski definition) is 6. The van der Waals surface area contributed by atoms with Crippen molar-refractivity contribution in [3.63, 3.8) is 0 Å². The maximum Gasteiger partial charge on any atom is 0.282 e. The quantitative estimate of drug-likeness (QED) is 0.752. The van der Waals surface area contributed by atoms with Crippen molar-refractivity contribution in [3.8, 4) is 11.5 Å². The van der Waals surface area contributed by atoms with Gasteiger partial charge in [0.2, 0.25) is 0 Å². The third-order valence-corrected chi connectivity index (χ3v) is 8.04. The summed E-state index contributed by atoms with van der Waals surface area (Å²) in [5.74, 6) is 0.983. The zero-order valence-electron chi connectivity index (χ0n) is 18.3. The molecule has 9 heteroatoms. The van der Waals surface area contributed by atoms with Crippen LogP contribution in [0.25, 0.3) is 10.8 Å². The van der Waals surface area contributed by atoms with Crippen LogP contribution in [0, 0.1) is 0 Å². The number of nitrogens with zero attached hydrogens (tertiary/aromatic N) is 3. The van der Waals surface area contributed by atoms with Crippen LogP contribution < -0.4 is 4.74 Å². The van der Waals surface area contributed by atoms with Gasteiger partial charge in [-0.05, 0) is 42.8 Å². The highest BCUT2D eigenvalue weighted by Gasteiger charge is 2.36. The van der Waals surface area contributed by atoms with Crippen LogP contribution >= 0.6 is 0 Å². The van der Waals surface area contributed by atoms with Gasteiger partial charge in [-0.3, -0.25) is 4.90 Å². The van der Waals surface area contributed by atoms with Crippen molar-refractivity contribution in [2.75, 3.05) is 46.4 Å². The van der Waals surface area contributed by atoms with Gasteiger partial charge in [-0.2, -0.15) is 17.0 Å². The third-order valence-electron chi connectivity index (χ3n) is 6.07. The molecule has 0 radical (unpaired) electrons. The minimum atomic E-state index is -3.50. The van der Waals surface area contributed by atoms with Crippen LogP contribution in [0.5, 0.6) is 11.5 Å². The first-order valence-electron chi connectivity index (χ1n) is 10.7. The molecule has 0 saturated carbocycles. The van der Waals surface area contributed by atoms with Crippen molar-refractivity contribution in [3.05, 3.63) is 35.9 Å². The Morgan fingerprint density at radius 1 is 1.03 bits per heavy atom. The molecule has 2 aliphatic heterocycles. The average molecular weight is 450 g/mol. The summed E-state index contributed by atoms with van der Waals surface area (Å²) in [5, 5.41) is 12.5. The Balaban J connectivity index is 1.46. The SMILES string of the molecule is COc1ccc2ccc(O)c(CN3CCN(S(=O)(=O)N4CC(C)OC(C)C4)CC3)c2c1. The van der Waals surface area contributed by atoms with E-state index in [1.807, 2.05) is 38.1 Å². The molecule has 8 nitrogen and oxygen atoms in total. The number of phenolic OH excluding ortho intramolecular Hbond substituents is 1. The molecule has 2 unspecified atom stereocenters. The van der Waals surface area contributed by atoms with Crippen molar-refractivity contribution >= 4 is 21.0 Å². The molecule has 31 heavy (non-hydrogen) atoms. The van der Waals surface area contributed by atoms with Crippen LogP contribution in [0.3, 0.4) is 0 Å². The summed E-state index contributed by atoms with van der Waals surface area (Å²) < 4.78 is 40.4. The summed E-state index contributed by atoms with van der Waals surface area (Å²) in [7, 11) is -1.88. The lowest BCUT2D eigenvalue weighted by Gasteiger charge is -2.40. The van der Waals surface area contributed by atoms with Crippen LogP contribution in [-0.2, 0) is 21.5 Å². The standard InChI is InChI=1S/C22H31N3O5S/c1-16-13-25(14-17(2)30-16)31(27,28)24-10-8-23(9-11-24)15-21-20-12-19(29-3)6-4-18(20)5-7-22(21)26/h4-7,12,16-17,26H,8-11,13-15H2,1-3H3. The van der Waals surface area contributed by atoms with Gasteiger partial charge < -0.3 is 14.6 Å². The molecule has 0 bridgehead atoms. The van der Waals surface area contributed by atoms with Gasteiger partial charge in [-0.25, -0.2) is 0 Å². The van der Waals surface area contributed by atoms with E-state index in [1.165, 1.54) is 0 Å². The Kier molecular flexibility index (Phi) is 6.41. The highest BCUT2D eigenvalue weighted by atomic mass is 32.2. The second-order valence-corrected chi connectivity index (χ2v) is 10.3. The van der Waals surface area contributed by atoms with Crippen molar-refractivity contribution in [1.82, 2.24) is 13.5 Å². The van der Waals surface area contributed by atoms with Gasteiger partial charge in [0.15, 0.2) is 0 Å². The van der Waals surface area contributed by atoms with Gasteiger partial charge in [0.05, 0.1) is 19.3 Å². The summed E-state index contributed by atoms with van der Waals surface area (Å²) in [5.41, 5.74) is 0.837. The van der Waals surface area contributed by atoms with Gasteiger partial charge in [-0.1, -0.05) is 12.1 Å². The van der Waals surface area contributed by atoms with E-state index in [4.69, 9.17) is 9.47 Å². The number of ether oxygens (including phenoxy) is 2. The van der Waals surface area contributed by atoms with Crippen molar-refractivity contribution < 1.29 is 23.0 Å². The highest BCUT2D eigenvalue weighted by molar-refractivity contribution is 7.86. The van der Waals surface area contributed by atoms with E-state index in [0.717, 1.165) is 22.1 Å². The molecule has 0 aliphatic carbocycles. The molecular formula is C22H31N3O5S. The van der Waals surface area contributed by atoms with E-state index in [-0.39, 0.29) is 18.0 Å². The first kappa shape index (κ1) is 22.3. The minimum absolute atomic E-state index is 0.105. The third kappa shape index (κ3) is 4.65. The second-order valence-electron chi connectivity index (χ2n) is 8.41. The first-order chi connectivity index (χ1) is 14.8. The van der Waals surface area contributed by atoms with Gasteiger partial charge in [0.1, 0.15) is 11.5 Å². The summed E-state index contributed by atoms with van der Waals surface area (Å²) in [6, 6.07) is 9.42. The number of methoxy groups -OCH3 is 1. The van der Waals surface area contributed by atoms with Crippen molar-refractivity contribution in [1.29, 1.82) is 0 Å². The van der Waals surface area contributed by atoms with E-state index >= 15 is 0 Å². The summed E-state index contributed by atoms with van der Waals surface area (Å²) in [4.78, 5) is 2.19. The Bertz CT molecular complexity index is 1030. The van der Waals surface area contributed by atoms with E-state index in [1.54, 1.807) is 21.8 Å². The lowest BCUT2D eigenvalue weighted by molar-refractivity contribution is -0.0457. The zero-order valence-corrected chi connectivity index (χ0v) is 19.1. The Labute approximate surface area is 184 Å². The van der Waals surface area contributed by atoms with E-state index < -0.39 is 10.2 Å². The Morgan fingerprint density at radius 2 is 1.68 bits per heavy atom. The lowest BCUT2D eigenvalue weighted by Crippen LogP contribution is -2.57. The fourth-order valence-electron chi connectivity index (χ4n) is 4.47. The second kappa shape index (κ2) is 8.91. The number of morpholine rings is 1. The normalized spacial score (nSPS) is 24.5. The number of rotatable bonds is 5. The highest BCUT2D eigenvalue weighted by Crippen LogP contribution is 2.31. The maximum absolute atomic E-state index is 13.1. The molecule has 2 atom stereocenters. The molecule has 170 valence electrons. The number of benzene rings is 2. The topological polar surface area (TPSA) is 82.6 Å². The minimum Gasteiger partial charge on any atom is -0.508 e. The predicted molar refractivity (Wildman–Crippen MR) is 120 cm³/mol. The van der Waals surface area contributed by atoms with Gasteiger partial charge in [0, 0.05) is 51.4 Å². The van der Waals surface area contributed by atoms with Crippen LogP contribution in [-0.4, -0.2) is 85.6 Å². The molecule has 2 aliphatic rings. The Hall–Kier alpha value is -1.91. The molecule has 2 heterocycles. The molecule has 2 aromatic carbocycles. The molecule has 1 N–H and O–H groups in total. The van der Waals surface area contributed by atoms with Crippen LogP contribution in [0.15, 0.2) is 30.3 Å². The fraction of sp³-hybridized carbons (Fsp3) is 0.545. The Morgan fingerprint density at radius 3 is 2.32 bits per heavy atom. The smallest absolute Gasteiger partial charge is 0.282 e. The first-order valence-corrected chi connectivity index (χ1v) is 12.1. The number of hydrogen-bond donors (Lipinski definition) is 1. The molecule has 0 spiro atoms. The lowest BCUT2D eigenvalue weighted by atomic mass is 10.0. The summed E-state index contributed by atoms with van der Waals surface area (Å²) in [6.07, 6.45) is -0.211. The molecule has 4 rings (SSSR count). The van der Waals surface area contributed by atoms with Crippen LogP contribution in [0.2, 0.25) is 0 Å². The number of phenols is 1. The van der Waals surface area contributed by atoms with E-state index in [9.17, 15) is 13.5 Å².